The maximum absolute atomic E-state index is 12.0. The van der Waals surface area contributed by atoms with Crippen molar-refractivity contribution >= 4 is 22.8 Å². The predicted octanol–water partition coefficient (Wildman–Crippen LogP) is 4.80. The number of amides is 1. The Hall–Kier alpha value is -4.61. The van der Waals surface area contributed by atoms with E-state index in [2.05, 4.69) is 28.4 Å². The number of benzene rings is 2. The largest absolute Gasteiger partial charge is 0.457 e. The summed E-state index contributed by atoms with van der Waals surface area (Å²) < 4.78 is 7.93. The lowest BCUT2D eigenvalue weighted by molar-refractivity contribution is -0.127. The fourth-order valence-corrected chi connectivity index (χ4v) is 4.93. The molecule has 1 atom stereocenters. The number of likely N-dealkylation sites (tertiary alicyclic amines) is 1. The summed E-state index contributed by atoms with van der Waals surface area (Å²) in [6.45, 7) is 6.71. The van der Waals surface area contributed by atoms with Crippen LogP contribution in [0.25, 0.3) is 22.2 Å². The molecule has 3 N–H and O–H groups in total. The van der Waals surface area contributed by atoms with Crippen LogP contribution < -0.4 is 10.5 Å². The molecule has 1 aliphatic rings. The zero-order valence-corrected chi connectivity index (χ0v) is 21.9. The number of aliphatic hydroxyl groups is 1. The third-order valence-corrected chi connectivity index (χ3v) is 7.02. The Labute approximate surface area is 227 Å². The van der Waals surface area contributed by atoms with E-state index in [-0.39, 0.29) is 24.5 Å². The van der Waals surface area contributed by atoms with Gasteiger partial charge in [-0.15, -0.1) is 0 Å². The first kappa shape index (κ1) is 26.0. The van der Waals surface area contributed by atoms with Gasteiger partial charge in [0.2, 0.25) is 5.91 Å². The number of rotatable bonds is 6. The van der Waals surface area contributed by atoms with Crippen LogP contribution in [-0.4, -0.2) is 50.1 Å². The second-order valence-electron chi connectivity index (χ2n) is 9.60. The van der Waals surface area contributed by atoms with Crippen LogP contribution in [0.3, 0.4) is 0 Å². The van der Waals surface area contributed by atoms with E-state index >= 15 is 0 Å². The van der Waals surface area contributed by atoms with Crippen LogP contribution in [0, 0.1) is 17.8 Å². The van der Waals surface area contributed by atoms with Crippen LogP contribution in [-0.2, 0) is 4.79 Å². The number of carbonyl (C=O) groups excluding carboxylic acids is 1. The Morgan fingerprint density at radius 1 is 1.15 bits per heavy atom. The Bertz CT molecular complexity index is 1540. The smallest absolute Gasteiger partial charge is 0.245 e. The van der Waals surface area contributed by atoms with Gasteiger partial charge in [0.15, 0.2) is 0 Å². The van der Waals surface area contributed by atoms with Crippen molar-refractivity contribution in [2.45, 2.75) is 25.8 Å². The van der Waals surface area contributed by atoms with Crippen molar-refractivity contribution in [3.8, 4) is 34.5 Å². The van der Waals surface area contributed by atoms with E-state index < -0.39 is 0 Å². The van der Waals surface area contributed by atoms with Crippen LogP contribution in [0.15, 0.2) is 73.6 Å². The molecule has 0 radical (unpaired) electrons. The van der Waals surface area contributed by atoms with Gasteiger partial charge < -0.3 is 25.0 Å². The predicted molar refractivity (Wildman–Crippen MR) is 152 cm³/mol. The highest BCUT2D eigenvalue weighted by atomic mass is 16.5. The Morgan fingerprint density at radius 3 is 2.51 bits per heavy atom. The van der Waals surface area contributed by atoms with Crippen molar-refractivity contribution in [3.63, 3.8) is 0 Å². The van der Waals surface area contributed by atoms with Crippen LogP contribution in [0.5, 0.6) is 11.5 Å². The number of para-hydroxylation sites is 1. The zero-order chi connectivity index (χ0) is 27.4. The van der Waals surface area contributed by atoms with Crippen LogP contribution in [0.4, 0.5) is 5.82 Å². The highest BCUT2D eigenvalue weighted by Gasteiger charge is 2.25. The highest BCUT2D eigenvalue weighted by molar-refractivity contribution is 6.03. The number of hydrogen-bond acceptors (Lipinski definition) is 6. The lowest BCUT2D eigenvalue weighted by Gasteiger charge is -2.28. The maximum atomic E-state index is 12.0. The fourth-order valence-electron chi connectivity index (χ4n) is 4.93. The average Bonchev–Trinajstić information content (AvgIpc) is 3.31. The SMILES string of the molecule is C=CC(=O)N1CCC(C#Cc2c(-c3ccc(Oc4ccccc4)cc3)c3c(N)ncnc3n2[C@H](C)CO)CC1. The topological polar surface area (TPSA) is 107 Å². The molecule has 5 rings (SSSR count). The van der Waals surface area contributed by atoms with Gasteiger partial charge in [-0.2, -0.15) is 0 Å². The molecule has 1 saturated heterocycles. The van der Waals surface area contributed by atoms with E-state index in [0.29, 0.717) is 35.7 Å². The van der Waals surface area contributed by atoms with Crippen LogP contribution >= 0.6 is 0 Å². The molecule has 1 aliphatic heterocycles. The summed E-state index contributed by atoms with van der Waals surface area (Å²) in [5, 5.41) is 10.8. The molecular formula is C31H31N5O3. The van der Waals surface area contributed by atoms with Gasteiger partial charge in [0.05, 0.1) is 18.0 Å². The molecule has 0 unspecified atom stereocenters. The van der Waals surface area contributed by atoms with Gasteiger partial charge in [-0.1, -0.05) is 42.8 Å². The quantitative estimate of drug-likeness (QED) is 0.279. The first-order chi connectivity index (χ1) is 19.0. The van der Waals surface area contributed by atoms with E-state index in [9.17, 15) is 9.90 Å². The van der Waals surface area contributed by atoms with E-state index in [0.717, 1.165) is 35.4 Å². The summed E-state index contributed by atoms with van der Waals surface area (Å²) in [4.78, 5) is 22.6. The third-order valence-electron chi connectivity index (χ3n) is 7.02. The number of nitrogens with zero attached hydrogens (tertiary/aromatic N) is 4. The average molecular weight is 522 g/mol. The second kappa shape index (κ2) is 11.4. The molecule has 3 heterocycles. The molecule has 39 heavy (non-hydrogen) atoms. The first-order valence-corrected chi connectivity index (χ1v) is 13.0. The lowest BCUT2D eigenvalue weighted by atomic mass is 9.96. The molecule has 0 saturated carbocycles. The summed E-state index contributed by atoms with van der Waals surface area (Å²) >= 11 is 0. The molecule has 8 heteroatoms. The number of aliphatic hydroxyl groups excluding tert-OH is 1. The van der Waals surface area contributed by atoms with Crippen molar-refractivity contribution in [2.75, 3.05) is 25.4 Å². The maximum Gasteiger partial charge on any atom is 0.245 e. The minimum Gasteiger partial charge on any atom is -0.457 e. The minimum absolute atomic E-state index is 0.0469. The van der Waals surface area contributed by atoms with E-state index in [4.69, 9.17) is 10.5 Å². The number of aromatic nitrogens is 3. The summed E-state index contributed by atoms with van der Waals surface area (Å²) in [5.74, 6) is 8.75. The van der Waals surface area contributed by atoms with Crippen molar-refractivity contribution in [3.05, 3.63) is 79.3 Å². The molecule has 0 spiro atoms. The highest BCUT2D eigenvalue weighted by Crippen LogP contribution is 2.39. The first-order valence-electron chi connectivity index (χ1n) is 13.0. The zero-order valence-electron chi connectivity index (χ0n) is 21.9. The van der Waals surface area contributed by atoms with Gasteiger partial charge in [0, 0.05) is 24.6 Å². The number of ether oxygens (including phenoxy) is 1. The fraction of sp³-hybridized carbons (Fsp3) is 0.258. The molecule has 2 aromatic heterocycles. The summed E-state index contributed by atoms with van der Waals surface area (Å²) in [5.41, 5.74) is 9.46. The molecular weight excluding hydrogens is 490 g/mol. The monoisotopic (exact) mass is 521 g/mol. The summed E-state index contributed by atoms with van der Waals surface area (Å²) in [6, 6.07) is 17.1. The van der Waals surface area contributed by atoms with Gasteiger partial charge >= 0.3 is 0 Å². The van der Waals surface area contributed by atoms with Crippen molar-refractivity contribution in [2.24, 2.45) is 5.92 Å². The molecule has 1 amide bonds. The number of piperidine rings is 1. The van der Waals surface area contributed by atoms with Gasteiger partial charge in [-0.3, -0.25) is 4.79 Å². The van der Waals surface area contributed by atoms with E-state index in [1.54, 1.807) is 4.90 Å². The minimum atomic E-state index is -0.285. The van der Waals surface area contributed by atoms with Crippen LogP contribution in [0.1, 0.15) is 31.5 Å². The molecule has 1 fully saturated rings. The van der Waals surface area contributed by atoms with Gasteiger partial charge in [-0.25, -0.2) is 9.97 Å². The lowest BCUT2D eigenvalue weighted by Crippen LogP contribution is -2.37. The number of nitrogens with two attached hydrogens (primary N) is 1. The Kier molecular flexibility index (Phi) is 7.62. The molecule has 198 valence electrons. The number of nitrogen functional groups attached to an aromatic ring is 1. The second-order valence-corrected chi connectivity index (χ2v) is 9.60. The Morgan fingerprint density at radius 2 is 1.85 bits per heavy atom. The van der Waals surface area contributed by atoms with Gasteiger partial charge in [0.25, 0.3) is 0 Å². The number of fused-ring (bicyclic) bond motifs is 1. The van der Waals surface area contributed by atoms with E-state index in [1.165, 1.54) is 12.4 Å². The molecule has 4 aromatic rings. The molecule has 8 nitrogen and oxygen atoms in total. The Balaban J connectivity index is 1.57. The number of carbonyl (C=O) groups is 1. The van der Waals surface area contributed by atoms with Crippen molar-refractivity contribution < 1.29 is 14.6 Å². The van der Waals surface area contributed by atoms with Crippen LogP contribution in [0.2, 0.25) is 0 Å². The van der Waals surface area contributed by atoms with Crippen molar-refractivity contribution in [1.82, 2.24) is 19.4 Å². The summed E-state index contributed by atoms with van der Waals surface area (Å²) in [7, 11) is 0. The van der Waals surface area contributed by atoms with Gasteiger partial charge in [-0.05, 0) is 61.6 Å². The molecule has 0 bridgehead atoms. The third kappa shape index (κ3) is 5.35. The van der Waals surface area contributed by atoms with E-state index in [1.807, 2.05) is 66.1 Å². The normalized spacial score (nSPS) is 14.5. The van der Waals surface area contributed by atoms with Gasteiger partial charge in [0.1, 0.15) is 35.0 Å². The molecule has 2 aromatic carbocycles. The molecule has 0 aliphatic carbocycles. The number of hydrogen-bond donors (Lipinski definition) is 2. The standard InChI is InChI=1S/C31H31N5O3/c1-3-27(38)35-17-15-22(16-18-35)9-14-26-28(29-30(32)33-20-34-31(29)36(26)21(2)19-37)23-10-12-25(13-11-23)39-24-7-5-4-6-8-24/h3-8,10-13,20-22,37H,1,15-19H2,2H3,(H2,32,33,34)/t21-/m1/s1. The summed E-state index contributed by atoms with van der Waals surface area (Å²) in [6.07, 6.45) is 4.35. The number of anilines is 1. The van der Waals surface area contributed by atoms with Crippen molar-refractivity contribution in [1.29, 1.82) is 0 Å².